The first-order chi connectivity index (χ1) is 15.1. The highest BCUT2D eigenvalue weighted by molar-refractivity contribution is 6.30. The molecule has 0 unspecified atom stereocenters. The normalized spacial score (nSPS) is 15.5. The Morgan fingerprint density at radius 2 is 1.81 bits per heavy atom. The number of rotatable bonds is 3. The van der Waals surface area contributed by atoms with E-state index in [1.54, 1.807) is 42.5 Å². The SMILES string of the molecule is O=C(Oc1ccc2c(c1)O/C(=C\C1=Cc3ccccc3OC1)C2=O)c1ccc(Cl)cc1. The van der Waals surface area contributed by atoms with Gasteiger partial charge in [-0.05, 0) is 60.2 Å². The number of ketones is 1. The number of Topliss-reactive ketones (excluding diaryl/α,β-unsaturated/α-hetero) is 1. The van der Waals surface area contributed by atoms with Crippen molar-refractivity contribution in [3.8, 4) is 17.2 Å². The molecule has 0 amide bonds. The fraction of sp³-hybridized carbons (Fsp3) is 0.0400. The number of ether oxygens (including phenoxy) is 3. The van der Waals surface area contributed by atoms with E-state index in [1.165, 1.54) is 6.07 Å². The van der Waals surface area contributed by atoms with Crippen molar-refractivity contribution in [3.63, 3.8) is 0 Å². The monoisotopic (exact) mass is 430 g/mol. The van der Waals surface area contributed by atoms with Crippen molar-refractivity contribution in [3.05, 3.63) is 106 Å². The number of benzene rings is 3. The summed E-state index contributed by atoms with van der Waals surface area (Å²) in [6.07, 6.45) is 3.64. The van der Waals surface area contributed by atoms with Crippen LogP contribution < -0.4 is 14.2 Å². The number of allylic oxidation sites excluding steroid dienone is 1. The van der Waals surface area contributed by atoms with E-state index in [2.05, 4.69) is 0 Å². The number of para-hydroxylation sites is 1. The highest BCUT2D eigenvalue weighted by Crippen LogP contribution is 2.35. The second-order valence-corrected chi connectivity index (χ2v) is 7.48. The number of fused-ring (bicyclic) bond motifs is 2. The molecule has 5 rings (SSSR count). The second kappa shape index (κ2) is 7.78. The molecule has 0 atom stereocenters. The molecule has 0 fully saturated rings. The third kappa shape index (κ3) is 3.83. The molecule has 31 heavy (non-hydrogen) atoms. The average Bonchev–Trinajstić information content (AvgIpc) is 3.08. The molecule has 0 aliphatic carbocycles. The molecule has 2 heterocycles. The fourth-order valence-corrected chi connectivity index (χ4v) is 3.49. The molecule has 2 aliphatic heterocycles. The quantitative estimate of drug-likeness (QED) is 0.312. The zero-order valence-electron chi connectivity index (χ0n) is 16.1. The molecular formula is C25H15ClO5. The summed E-state index contributed by atoms with van der Waals surface area (Å²) in [6.45, 7) is 0.345. The van der Waals surface area contributed by atoms with Crippen LogP contribution >= 0.6 is 11.6 Å². The smallest absolute Gasteiger partial charge is 0.343 e. The predicted octanol–water partition coefficient (Wildman–Crippen LogP) is 5.49. The molecule has 0 aromatic heterocycles. The minimum atomic E-state index is -0.528. The van der Waals surface area contributed by atoms with Crippen LogP contribution in [0, 0.1) is 0 Å². The van der Waals surface area contributed by atoms with Gasteiger partial charge in [-0.1, -0.05) is 29.8 Å². The summed E-state index contributed by atoms with van der Waals surface area (Å²) in [4.78, 5) is 25.0. The van der Waals surface area contributed by atoms with Gasteiger partial charge in [0.05, 0.1) is 11.1 Å². The van der Waals surface area contributed by atoms with Gasteiger partial charge in [0.1, 0.15) is 23.9 Å². The maximum Gasteiger partial charge on any atom is 0.343 e. The van der Waals surface area contributed by atoms with E-state index in [1.807, 2.05) is 30.3 Å². The van der Waals surface area contributed by atoms with Crippen LogP contribution in [0.5, 0.6) is 17.2 Å². The van der Waals surface area contributed by atoms with Crippen LogP contribution in [0.1, 0.15) is 26.3 Å². The van der Waals surface area contributed by atoms with E-state index in [9.17, 15) is 9.59 Å². The van der Waals surface area contributed by atoms with Crippen molar-refractivity contribution >= 4 is 29.4 Å². The third-order valence-corrected chi connectivity index (χ3v) is 5.15. The largest absolute Gasteiger partial charge is 0.488 e. The van der Waals surface area contributed by atoms with Crippen LogP contribution in [0.15, 0.2) is 84.1 Å². The van der Waals surface area contributed by atoms with Crippen molar-refractivity contribution in [2.45, 2.75) is 0 Å². The summed E-state index contributed by atoms with van der Waals surface area (Å²) in [6, 6.07) is 18.7. The highest BCUT2D eigenvalue weighted by atomic mass is 35.5. The van der Waals surface area contributed by atoms with Gasteiger partial charge in [0, 0.05) is 16.7 Å². The van der Waals surface area contributed by atoms with Crippen LogP contribution in [-0.4, -0.2) is 18.4 Å². The van der Waals surface area contributed by atoms with E-state index in [0.29, 0.717) is 28.5 Å². The van der Waals surface area contributed by atoms with Crippen molar-refractivity contribution in [2.24, 2.45) is 0 Å². The van der Waals surface area contributed by atoms with Crippen LogP contribution in [0.25, 0.3) is 6.08 Å². The molecule has 0 radical (unpaired) electrons. The average molecular weight is 431 g/mol. The summed E-state index contributed by atoms with van der Waals surface area (Å²) in [5, 5.41) is 0.530. The second-order valence-electron chi connectivity index (χ2n) is 7.04. The standard InChI is InChI=1S/C25H15ClO5/c26-18-7-5-16(6-8-18)25(28)30-19-9-10-20-22(13-19)31-23(24(20)27)12-15-11-17-3-1-2-4-21(17)29-14-15/h1-13H,14H2/b23-12-. The molecule has 0 spiro atoms. The Bertz CT molecular complexity index is 1270. The van der Waals surface area contributed by atoms with Crippen molar-refractivity contribution in [1.82, 2.24) is 0 Å². The molecule has 0 saturated heterocycles. The van der Waals surface area contributed by atoms with Crippen LogP contribution in [0.4, 0.5) is 0 Å². The molecule has 0 saturated carbocycles. The Hall–Kier alpha value is -3.83. The molecule has 2 aliphatic rings. The molecule has 5 nitrogen and oxygen atoms in total. The van der Waals surface area contributed by atoms with Crippen LogP contribution in [0.3, 0.4) is 0 Å². The first-order valence-electron chi connectivity index (χ1n) is 9.55. The first kappa shape index (κ1) is 19.2. The summed E-state index contributed by atoms with van der Waals surface area (Å²) >= 11 is 5.84. The minimum Gasteiger partial charge on any atom is -0.488 e. The Balaban J connectivity index is 1.35. The van der Waals surface area contributed by atoms with E-state index in [4.69, 9.17) is 25.8 Å². The number of halogens is 1. The van der Waals surface area contributed by atoms with Gasteiger partial charge >= 0.3 is 5.97 Å². The zero-order valence-corrected chi connectivity index (χ0v) is 16.9. The number of carbonyl (C=O) groups is 2. The lowest BCUT2D eigenvalue weighted by Crippen LogP contribution is -2.08. The minimum absolute atomic E-state index is 0.199. The maximum atomic E-state index is 12.7. The van der Waals surface area contributed by atoms with Crippen molar-refractivity contribution in [2.75, 3.05) is 6.61 Å². The zero-order chi connectivity index (χ0) is 21.4. The summed E-state index contributed by atoms with van der Waals surface area (Å²) < 4.78 is 16.9. The molecule has 3 aromatic rings. The number of hydrogen-bond acceptors (Lipinski definition) is 5. The van der Waals surface area contributed by atoms with Gasteiger partial charge in [-0.3, -0.25) is 4.79 Å². The third-order valence-electron chi connectivity index (χ3n) is 4.90. The van der Waals surface area contributed by atoms with E-state index >= 15 is 0 Å². The van der Waals surface area contributed by atoms with Gasteiger partial charge in [-0.2, -0.15) is 0 Å². The van der Waals surface area contributed by atoms with E-state index < -0.39 is 5.97 Å². The van der Waals surface area contributed by atoms with Crippen LogP contribution in [0.2, 0.25) is 5.02 Å². The van der Waals surface area contributed by atoms with E-state index in [-0.39, 0.29) is 17.3 Å². The van der Waals surface area contributed by atoms with Gasteiger partial charge in [-0.25, -0.2) is 4.79 Å². The molecule has 0 N–H and O–H groups in total. The van der Waals surface area contributed by atoms with Crippen molar-refractivity contribution in [1.29, 1.82) is 0 Å². The molecule has 6 heteroatoms. The van der Waals surface area contributed by atoms with E-state index in [0.717, 1.165) is 16.9 Å². The summed E-state index contributed by atoms with van der Waals surface area (Å²) in [5.74, 6) is 0.867. The Kier molecular flexibility index (Phi) is 4.81. The van der Waals surface area contributed by atoms with Gasteiger partial charge < -0.3 is 14.2 Å². The lowest BCUT2D eigenvalue weighted by atomic mass is 10.1. The van der Waals surface area contributed by atoms with Gasteiger partial charge in [-0.15, -0.1) is 0 Å². The number of hydrogen-bond donors (Lipinski definition) is 0. The number of carbonyl (C=O) groups excluding carboxylic acids is 2. The Labute approximate surface area is 183 Å². The molecule has 0 bridgehead atoms. The fourth-order valence-electron chi connectivity index (χ4n) is 3.37. The lowest BCUT2D eigenvalue weighted by Gasteiger charge is -2.15. The molecule has 3 aromatic carbocycles. The predicted molar refractivity (Wildman–Crippen MR) is 116 cm³/mol. The van der Waals surface area contributed by atoms with Gasteiger partial charge in [0.15, 0.2) is 5.76 Å². The molecular weight excluding hydrogens is 416 g/mol. The first-order valence-corrected chi connectivity index (χ1v) is 9.93. The van der Waals surface area contributed by atoms with Crippen molar-refractivity contribution < 1.29 is 23.8 Å². The summed E-state index contributed by atoms with van der Waals surface area (Å²) in [5.41, 5.74) is 2.55. The Morgan fingerprint density at radius 1 is 1.00 bits per heavy atom. The van der Waals surface area contributed by atoms with Crippen LogP contribution in [-0.2, 0) is 0 Å². The highest BCUT2D eigenvalue weighted by Gasteiger charge is 2.28. The maximum absolute atomic E-state index is 12.7. The topological polar surface area (TPSA) is 61.8 Å². The summed E-state index contributed by atoms with van der Waals surface area (Å²) in [7, 11) is 0. The van der Waals surface area contributed by atoms with Gasteiger partial charge in [0.2, 0.25) is 5.78 Å². The Morgan fingerprint density at radius 3 is 2.65 bits per heavy atom. The van der Waals surface area contributed by atoms with Gasteiger partial charge in [0.25, 0.3) is 0 Å². The molecule has 152 valence electrons. The lowest BCUT2D eigenvalue weighted by molar-refractivity contribution is 0.0734. The number of esters is 1.